The lowest BCUT2D eigenvalue weighted by Gasteiger charge is -2.29. The summed E-state index contributed by atoms with van der Waals surface area (Å²) in [5.41, 5.74) is 1.03. The number of furan rings is 1. The molecule has 23 heavy (non-hydrogen) atoms. The second-order valence-electron chi connectivity index (χ2n) is 5.44. The van der Waals surface area contributed by atoms with E-state index in [0.29, 0.717) is 32.6 Å². The molecule has 3 heterocycles. The number of nitrogens with zero attached hydrogens (tertiary/aromatic N) is 2. The quantitative estimate of drug-likeness (QED) is 0.880. The Morgan fingerprint density at radius 3 is 2.91 bits per heavy atom. The number of carbonyl (C=O) groups excluding carboxylic acids is 1. The average Bonchev–Trinajstić information content (AvgIpc) is 3.13. The highest BCUT2D eigenvalue weighted by molar-refractivity contribution is 5.76. The second kappa shape index (κ2) is 7.78. The lowest BCUT2D eigenvalue weighted by atomic mass is 10.2. The van der Waals surface area contributed by atoms with E-state index in [2.05, 4.69) is 15.2 Å². The molecule has 6 heteroatoms. The van der Waals surface area contributed by atoms with Crippen molar-refractivity contribution in [1.29, 1.82) is 0 Å². The minimum atomic E-state index is 0.0122. The molecule has 1 saturated heterocycles. The predicted octanol–water partition coefficient (Wildman–Crippen LogP) is 1.76. The predicted molar refractivity (Wildman–Crippen MR) is 86.1 cm³/mol. The number of nitrogens with one attached hydrogen (secondary N) is 1. The van der Waals surface area contributed by atoms with Gasteiger partial charge in [-0.2, -0.15) is 0 Å². The molecule has 6 nitrogen and oxygen atoms in total. The van der Waals surface area contributed by atoms with Gasteiger partial charge in [-0.15, -0.1) is 0 Å². The van der Waals surface area contributed by atoms with Crippen molar-refractivity contribution in [3.05, 3.63) is 48.0 Å². The van der Waals surface area contributed by atoms with Crippen LogP contribution in [0.2, 0.25) is 0 Å². The van der Waals surface area contributed by atoms with Gasteiger partial charge in [-0.25, -0.2) is 4.98 Å². The summed E-state index contributed by atoms with van der Waals surface area (Å²) in [5.74, 6) is 1.77. The maximum atomic E-state index is 12.0. The Morgan fingerprint density at radius 2 is 2.13 bits per heavy atom. The van der Waals surface area contributed by atoms with Crippen LogP contribution in [0.3, 0.4) is 0 Å². The Labute approximate surface area is 135 Å². The molecule has 0 unspecified atom stereocenters. The summed E-state index contributed by atoms with van der Waals surface area (Å²) in [4.78, 5) is 18.7. The van der Waals surface area contributed by atoms with Crippen LogP contribution in [-0.4, -0.2) is 37.2 Å². The van der Waals surface area contributed by atoms with Gasteiger partial charge in [0.05, 0.1) is 19.5 Å². The van der Waals surface area contributed by atoms with Crippen molar-refractivity contribution in [2.75, 3.05) is 31.2 Å². The third-order valence-corrected chi connectivity index (χ3v) is 3.83. The van der Waals surface area contributed by atoms with Crippen molar-refractivity contribution >= 4 is 11.7 Å². The van der Waals surface area contributed by atoms with E-state index < -0.39 is 0 Å². The van der Waals surface area contributed by atoms with E-state index in [1.54, 1.807) is 12.5 Å². The Bertz CT molecular complexity index is 622. The highest BCUT2D eigenvalue weighted by Crippen LogP contribution is 2.18. The molecule has 1 fully saturated rings. The van der Waals surface area contributed by atoms with Gasteiger partial charge in [0.2, 0.25) is 5.91 Å². The number of morpholine rings is 1. The van der Waals surface area contributed by atoms with Gasteiger partial charge < -0.3 is 19.4 Å². The molecule has 1 N–H and O–H groups in total. The van der Waals surface area contributed by atoms with Crippen LogP contribution in [-0.2, 0) is 22.5 Å². The Hall–Kier alpha value is -2.34. The number of ether oxygens (including phenoxy) is 1. The van der Waals surface area contributed by atoms with Crippen molar-refractivity contribution < 1.29 is 13.9 Å². The van der Waals surface area contributed by atoms with Crippen molar-refractivity contribution in [2.45, 2.75) is 19.4 Å². The maximum Gasteiger partial charge on any atom is 0.220 e. The van der Waals surface area contributed by atoms with E-state index in [4.69, 9.17) is 9.15 Å². The van der Waals surface area contributed by atoms with Gasteiger partial charge in [-0.3, -0.25) is 4.79 Å². The molecule has 122 valence electrons. The Morgan fingerprint density at radius 1 is 1.26 bits per heavy atom. The summed E-state index contributed by atoms with van der Waals surface area (Å²) >= 11 is 0. The third kappa shape index (κ3) is 4.32. The maximum absolute atomic E-state index is 12.0. The van der Waals surface area contributed by atoms with Crippen molar-refractivity contribution in [2.24, 2.45) is 0 Å². The number of carbonyl (C=O) groups is 1. The van der Waals surface area contributed by atoms with Crippen LogP contribution in [0.25, 0.3) is 0 Å². The van der Waals surface area contributed by atoms with Crippen LogP contribution in [0.4, 0.5) is 5.82 Å². The summed E-state index contributed by atoms with van der Waals surface area (Å²) in [6.45, 7) is 3.57. The molecule has 0 aliphatic carbocycles. The zero-order chi connectivity index (χ0) is 15.9. The number of amides is 1. The fourth-order valence-corrected chi connectivity index (χ4v) is 2.60. The van der Waals surface area contributed by atoms with Crippen molar-refractivity contribution in [3.63, 3.8) is 0 Å². The van der Waals surface area contributed by atoms with Crippen LogP contribution in [0.15, 0.2) is 41.1 Å². The summed E-state index contributed by atoms with van der Waals surface area (Å²) in [6, 6.07) is 7.61. The lowest BCUT2D eigenvalue weighted by molar-refractivity contribution is -0.121. The smallest absolute Gasteiger partial charge is 0.220 e. The van der Waals surface area contributed by atoms with Crippen LogP contribution >= 0.6 is 0 Å². The Kier molecular flexibility index (Phi) is 5.26. The van der Waals surface area contributed by atoms with E-state index >= 15 is 0 Å². The van der Waals surface area contributed by atoms with E-state index in [0.717, 1.165) is 30.2 Å². The van der Waals surface area contributed by atoms with Gasteiger partial charge in [-0.1, -0.05) is 6.07 Å². The lowest BCUT2D eigenvalue weighted by Crippen LogP contribution is -2.37. The standard InChI is InChI=1S/C17H21N3O3/c21-16(6-5-15-4-2-10-23-15)19-13-14-3-1-7-18-17(14)20-8-11-22-12-9-20/h1-4,7,10H,5-6,8-9,11-13H2,(H,19,21). The van der Waals surface area contributed by atoms with Gasteiger partial charge in [0.1, 0.15) is 11.6 Å². The number of pyridine rings is 1. The SMILES string of the molecule is O=C(CCc1ccco1)NCc1cccnc1N1CCOCC1. The zero-order valence-electron chi connectivity index (χ0n) is 13.0. The first-order chi connectivity index (χ1) is 11.3. The summed E-state index contributed by atoms with van der Waals surface area (Å²) < 4.78 is 10.6. The van der Waals surface area contributed by atoms with E-state index in [1.807, 2.05) is 24.3 Å². The molecule has 1 amide bonds. The topological polar surface area (TPSA) is 67.6 Å². The molecule has 0 aromatic carbocycles. The number of anilines is 1. The fourth-order valence-electron chi connectivity index (χ4n) is 2.60. The molecule has 0 radical (unpaired) electrons. The average molecular weight is 315 g/mol. The first kappa shape index (κ1) is 15.6. The minimum Gasteiger partial charge on any atom is -0.469 e. The fraction of sp³-hybridized carbons (Fsp3) is 0.412. The number of hydrogen-bond donors (Lipinski definition) is 1. The van der Waals surface area contributed by atoms with Gasteiger partial charge in [0, 0.05) is 44.2 Å². The number of aryl methyl sites for hydroxylation is 1. The molecule has 1 aliphatic rings. The molecule has 2 aromatic rings. The molecule has 0 spiro atoms. The van der Waals surface area contributed by atoms with E-state index in [9.17, 15) is 4.79 Å². The molecule has 3 rings (SSSR count). The molecular weight excluding hydrogens is 294 g/mol. The summed E-state index contributed by atoms with van der Waals surface area (Å²) in [5, 5.41) is 2.96. The van der Waals surface area contributed by atoms with Crippen LogP contribution in [0.5, 0.6) is 0 Å². The normalized spacial score (nSPS) is 14.7. The first-order valence-corrected chi connectivity index (χ1v) is 7.88. The van der Waals surface area contributed by atoms with Gasteiger partial charge in [0.25, 0.3) is 0 Å². The summed E-state index contributed by atoms with van der Waals surface area (Å²) in [7, 11) is 0. The van der Waals surface area contributed by atoms with Gasteiger partial charge in [-0.05, 0) is 18.2 Å². The van der Waals surface area contributed by atoms with Crippen molar-refractivity contribution in [3.8, 4) is 0 Å². The number of hydrogen-bond acceptors (Lipinski definition) is 5. The van der Waals surface area contributed by atoms with Crippen LogP contribution < -0.4 is 10.2 Å². The number of rotatable bonds is 6. The van der Waals surface area contributed by atoms with Crippen LogP contribution in [0, 0.1) is 0 Å². The minimum absolute atomic E-state index is 0.0122. The molecule has 0 bridgehead atoms. The first-order valence-electron chi connectivity index (χ1n) is 7.88. The zero-order valence-corrected chi connectivity index (χ0v) is 13.0. The monoisotopic (exact) mass is 315 g/mol. The van der Waals surface area contributed by atoms with Crippen LogP contribution in [0.1, 0.15) is 17.7 Å². The third-order valence-electron chi connectivity index (χ3n) is 3.83. The van der Waals surface area contributed by atoms with Gasteiger partial charge >= 0.3 is 0 Å². The molecule has 1 aliphatic heterocycles. The highest BCUT2D eigenvalue weighted by atomic mass is 16.5. The number of aromatic nitrogens is 1. The van der Waals surface area contributed by atoms with E-state index in [-0.39, 0.29) is 5.91 Å². The largest absolute Gasteiger partial charge is 0.469 e. The highest BCUT2D eigenvalue weighted by Gasteiger charge is 2.16. The molecule has 2 aromatic heterocycles. The molecule has 0 atom stereocenters. The van der Waals surface area contributed by atoms with Crippen molar-refractivity contribution in [1.82, 2.24) is 10.3 Å². The van der Waals surface area contributed by atoms with Gasteiger partial charge in [0.15, 0.2) is 0 Å². The summed E-state index contributed by atoms with van der Waals surface area (Å²) in [6.07, 6.45) is 4.44. The Balaban J connectivity index is 1.54. The van der Waals surface area contributed by atoms with E-state index in [1.165, 1.54) is 0 Å². The molecule has 0 saturated carbocycles. The second-order valence-corrected chi connectivity index (χ2v) is 5.44. The molecular formula is C17H21N3O3.